The van der Waals surface area contributed by atoms with Crippen LogP contribution in [0.3, 0.4) is 0 Å². The first-order valence-corrected chi connectivity index (χ1v) is 6.43. The van der Waals surface area contributed by atoms with Crippen molar-refractivity contribution in [1.29, 1.82) is 0 Å². The van der Waals surface area contributed by atoms with Crippen LogP contribution in [0.15, 0.2) is 12.1 Å². The van der Waals surface area contributed by atoms with Gasteiger partial charge in [0.2, 0.25) is 5.91 Å². The number of rotatable bonds is 6. The molecule has 2 atom stereocenters. The van der Waals surface area contributed by atoms with E-state index in [4.69, 9.17) is 21.4 Å². The Hall–Kier alpha value is -1.11. The molecular weight excluding hydrogens is 278 g/mol. The zero-order valence-electron chi connectivity index (χ0n) is 9.97. The third kappa shape index (κ3) is 3.97. The summed E-state index contributed by atoms with van der Waals surface area (Å²) in [5, 5.41) is 11.3. The maximum atomic E-state index is 11.8. The minimum Gasteiger partial charge on any atom is -0.479 e. The molecule has 5 nitrogen and oxygen atoms in total. The number of hydrogen-bond acceptors (Lipinski definition) is 4. The van der Waals surface area contributed by atoms with E-state index in [1.165, 1.54) is 18.4 Å². The molecule has 2 N–H and O–H groups in total. The number of ether oxygens (including phenoxy) is 1. The second kappa shape index (κ2) is 6.72. The van der Waals surface area contributed by atoms with Crippen LogP contribution >= 0.6 is 22.9 Å². The van der Waals surface area contributed by atoms with Gasteiger partial charge in [-0.15, -0.1) is 11.3 Å². The van der Waals surface area contributed by atoms with E-state index in [0.717, 1.165) is 4.88 Å². The molecule has 0 aliphatic heterocycles. The number of nitrogens with one attached hydrogen (secondary N) is 1. The maximum absolute atomic E-state index is 11.8. The highest BCUT2D eigenvalue weighted by molar-refractivity contribution is 7.16. The standard InChI is InChI=1S/C11H14ClNO4S/c1-6(8-3-4-9(12)18-8)10(14)13-5-7(17-2)11(15)16/h3-4,6-7H,5H2,1-2H3,(H,13,14)(H,15,16). The number of carboxylic acid groups (broad SMARTS) is 1. The largest absolute Gasteiger partial charge is 0.479 e. The Labute approximate surface area is 114 Å². The highest BCUT2D eigenvalue weighted by atomic mass is 35.5. The van der Waals surface area contributed by atoms with Gasteiger partial charge in [0.05, 0.1) is 16.8 Å². The van der Waals surface area contributed by atoms with E-state index in [-0.39, 0.29) is 18.4 Å². The number of amides is 1. The Bertz CT molecular complexity index is 434. The summed E-state index contributed by atoms with van der Waals surface area (Å²) in [7, 11) is 1.29. The quantitative estimate of drug-likeness (QED) is 0.837. The zero-order chi connectivity index (χ0) is 13.7. The zero-order valence-corrected chi connectivity index (χ0v) is 11.5. The number of hydrogen-bond donors (Lipinski definition) is 2. The number of carbonyl (C=O) groups excluding carboxylic acids is 1. The predicted molar refractivity (Wildman–Crippen MR) is 69.2 cm³/mol. The third-order valence-corrected chi connectivity index (χ3v) is 3.85. The van der Waals surface area contributed by atoms with Gasteiger partial charge in [-0.1, -0.05) is 11.6 Å². The van der Waals surface area contributed by atoms with Gasteiger partial charge in [0.15, 0.2) is 6.10 Å². The molecule has 1 heterocycles. The molecule has 0 aliphatic rings. The van der Waals surface area contributed by atoms with Gasteiger partial charge in [0.1, 0.15) is 0 Å². The average Bonchev–Trinajstić information content (AvgIpc) is 2.75. The highest BCUT2D eigenvalue weighted by Gasteiger charge is 2.21. The van der Waals surface area contributed by atoms with Crippen molar-refractivity contribution >= 4 is 34.8 Å². The summed E-state index contributed by atoms with van der Waals surface area (Å²) in [6, 6.07) is 3.50. The molecule has 0 aliphatic carbocycles. The summed E-state index contributed by atoms with van der Waals surface area (Å²) in [5.41, 5.74) is 0. The number of aliphatic carboxylic acids is 1. The van der Waals surface area contributed by atoms with Crippen LogP contribution < -0.4 is 5.32 Å². The lowest BCUT2D eigenvalue weighted by Gasteiger charge is -2.14. The van der Waals surface area contributed by atoms with Crippen LogP contribution in [0, 0.1) is 0 Å². The first kappa shape index (κ1) is 14.9. The SMILES string of the molecule is COC(CNC(=O)C(C)c1ccc(Cl)s1)C(=O)O. The number of carbonyl (C=O) groups is 2. The summed E-state index contributed by atoms with van der Waals surface area (Å²) in [6.07, 6.45) is -1.03. The molecule has 0 radical (unpaired) electrons. The van der Waals surface area contributed by atoms with Gasteiger partial charge in [-0.3, -0.25) is 4.79 Å². The molecule has 1 amide bonds. The van der Waals surface area contributed by atoms with Crippen molar-refractivity contribution < 1.29 is 19.4 Å². The summed E-state index contributed by atoms with van der Waals surface area (Å²) in [6.45, 7) is 1.67. The van der Waals surface area contributed by atoms with Crippen LogP contribution in [0.4, 0.5) is 0 Å². The Morgan fingerprint density at radius 3 is 2.67 bits per heavy atom. The normalized spacial score (nSPS) is 13.9. The van der Waals surface area contributed by atoms with Crippen LogP contribution in [0.5, 0.6) is 0 Å². The smallest absolute Gasteiger partial charge is 0.334 e. The fourth-order valence-electron chi connectivity index (χ4n) is 1.31. The number of thiophene rings is 1. The fourth-order valence-corrected chi connectivity index (χ4v) is 2.42. The lowest BCUT2D eigenvalue weighted by molar-refractivity contribution is -0.148. The summed E-state index contributed by atoms with van der Waals surface area (Å²) < 4.78 is 5.33. The monoisotopic (exact) mass is 291 g/mol. The number of carboxylic acids is 1. The van der Waals surface area contributed by atoms with Crippen molar-refractivity contribution in [3.05, 3.63) is 21.3 Å². The van der Waals surface area contributed by atoms with E-state index in [1.54, 1.807) is 19.1 Å². The molecule has 0 bridgehead atoms. The van der Waals surface area contributed by atoms with Gasteiger partial charge < -0.3 is 15.2 Å². The molecule has 0 saturated heterocycles. The van der Waals surface area contributed by atoms with Gasteiger partial charge >= 0.3 is 5.97 Å². The second-order valence-corrected chi connectivity index (χ2v) is 5.42. The van der Waals surface area contributed by atoms with Crippen molar-refractivity contribution in [1.82, 2.24) is 5.32 Å². The Balaban J connectivity index is 2.53. The van der Waals surface area contributed by atoms with E-state index in [1.807, 2.05) is 0 Å². The molecule has 1 aromatic rings. The van der Waals surface area contributed by atoms with Gasteiger partial charge in [-0.25, -0.2) is 4.79 Å². The molecule has 100 valence electrons. The van der Waals surface area contributed by atoms with E-state index in [0.29, 0.717) is 4.34 Å². The molecule has 1 aromatic heterocycles. The van der Waals surface area contributed by atoms with Crippen molar-refractivity contribution in [2.24, 2.45) is 0 Å². The highest BCUT2D eigenvalue weighted by Crippen LogP contribution is 2.27. The fraction of sp³-hybridized carbons (Fsp3) is 0.455. The number of methoxy groups -OCH3 is 1. The lowest BCUT2D eigenvalue weighted by Crippen LogP contribution is -2.39. The predicted octanol–water partition coefficient (Wildman–Crippen LogP) is 1.72. The molecule has 18 heavy (non-hydrogen) atoms. The third-order valence-electron chi connectivity index (χ3n) is 2.44. The minimum atomic E-state index is -1.11. The van der Waals surface area contributed by atoms with Crippen LogP contribution in [0.2, 0.25) is 4.34 Å². The number of halogens is 1. The maximum Gasteiger partial charge on any atom is 0.334 e. The Morgan fingerprint density at radius 1 is 1.56 bits per heavy atom. The molecule has 7 heteroatoms. The summed E-state index contributed by atoms with van der Waals surface area (Å²) in [5.74, 6) is -1.73. The Kier molecular flexibility index (Phi) is 5.58. The van der Waals surface area contributed by atoms with Gasteiger partial charge in [0.25, 0.3) is 0 Å². The van der Waals surface area contributed by atoms with E-state index in [2.05, 4.69) is 5.32 Å². The van der Waals surface area contributed by atoms with Gasteiger partial charge in [0, 0.05) is 12.0 Å². The van der Waals surface area contributed by atoms with Crippen LogP contribution in [0.1, 0.15) is 17.7 Å². The average molecular weight is 292 g/mol. The summed E-state index contributed by atoms with van der Waals surface area (Å²) in [4.78, 5) is 23.3. The lowest BCUT2D eigenvalue weighted by atomic mass is 10.1. The molecule has 0 fully saturated rings. The van der Waals surface area contributed by atoms with Crippen LogP contribution in [-0.2, 0) is 14.3 Å². The van der Waals surface area contributed by atoms with Gasteiger partial charge in [-0.2, -0.15) is 0 Å². The van der Waals surface area contributed by atoms with Crippen LogP contribution in [-0.4, -0.2) is 36.7 Å². The van der Waals surface area contributed by atoms with E-state index < -0.39 is 12.1 Å². The van der Waals surface area contributed by atoms with Crippen molar-refractivity contribution in [3.8, 4) is 0 Å². The first-order valence-electron chi connectivity index (χ1n) is 5.24. The van der Waals surface area contributed by atoms with E-state index in [9.17, 15) is 9.59 Å². The topological polar surface area (TPSA) is 75.6 Å². The Morgan fingerprint density at radius 2 is 2.22 bits per heavy atom. The second-order valence-electron chi connectivity index (χ2n) is 3.67. The van der Waals surface area contributed by atoms with Crippen molar-refractivity contribution in [2.75, 3.05) is 13.7 Å². The summed E-state index contributed by atoms with van der Waals surface area (Å²) >= 11 is 7.12. The van der Waals surface area contributed by atoms with Gasteiger partial charge in [-0.05, 0) is 19.1 Å². The molecular formula is C11H14ClNO4S. The molecule has 0 saturated carbocycles. The first-order chi connectivity index (χ1) is 8.45. The minimum absolute atomic E-state index is 0.0614. The van der Waals surface area contributed by atoms with Crippen LogP contribution in [0.25, 0.3) is 0 Å². The molecule has 1 rings (SSSR count). The molecule has 0 aromatic carbocycles. The molecule has 2 unspecified atom stereocenters. The van der Waals surface area contributed by atoms with Crippen molar-refractivity contribution in [3.63, 3.8) is 0 Å². The molecule has 0 spiro atoms. The van der Waals surface area contributed by atoms with Crippen molar-refractivity contribution in [2.45, 2.75) is 18.9 Å². The van der Waals surface area contributed by atoms with E-state index >= 15 is 0 Å².